The van der Waals surface area contributed by atoms with E-state index < -0.39 is 0 Å². The molecular weight excluding hydrogens is 212 g/mol. The zero-order valence-corrected chi connectivity index (χ0v) is 10.7. The Morgan fingerprint density at radius 2 is 1.71 bits per heavy atom. The van der Waals surface area contributed by atoms with E-state index in [1.807, 2.05) is 30.3 Å². The number of rotatable bonds is 7. The number of amides is 1. The molecule has 1 aromatic carbocycles. The van der Waals surface area contributed by atoms with Gasteiger partial charge in [-0.1, -0.05) is 44.2 Å². The van der Waals surface area contributed by atoms with Crippen LogP contribution in [0.2, 0.25) is 0 Å². The number of benzene rings is 1. The van der Waals surface area contributed by atoms with E-state index in [1.54, 1.807) is 0 Å². The summed E-state index contributed by atoms with van der Waals surface area (Å²) in [7, 11) is 0. The molecule has 1 rings (SSSR count). The molecule has 17 heavy (non-hydrogen) atoms. The Kier molecular flexibility index (Phi) is 5.70. The SMILES string of the molecule is CCCN(CCC)C(C(N)=O)c1ccccc1. The average molecular weight is 234 g/mol. The lowest BCUT2D eigenvalue weighted by Crippen LogP contribution is -2.38. The summed E-state index contributed by atoms with van der Waals surface area (Å²) in [5.41, 5.74) is 6.54. The van der Waals surface area contributed by atoms with Gasteiger partial charge in [0.1, 0.15) is 6.04 Å². The molecule has 0 aliphatic rings. The lowest BCUT2D eigenvalue weighted by Gasteiger charge is -2.29. The molecule has 94 valence electrons. The topological polar surface area (TPSA) is 46.3 Å². The number of hydrogen-bond acceptors (Lipinski definition) is 2. The van der Waals surface area contributed by atoms with Crippen LogP contribution in [0.3, 0.4) is 0 Å². The van der Waals surface area contributed by atoms with Crippen molar-refractivity contribution in [3.8, 4) is 0 Å². The fraction of sp³-hybridized carbons (Fsp3) is 0.500. The first-order valence-electron chi connectivity index (χ1n) is 6.29. The molecule has 0 fully saturated rings. The van der Waals surface area contributed by atoms with Crippen LogP contribution in [0.5, 0.6) is 0 Å². The number of nitrogens with two attached hydrogens (primary N) is 1. The highest BCUT2D eigenvalue weighted by atomic mass is 16.1. The molecule has 1 amide bonds. The van der Waals surface area contributed by atoms with Crippen LogP contribution in [0.1, 0.15) is 38.3 Å². The second-order valence-corrected chi connectivity index (χ2v) is 4.25. The van der Waals surface area contributed by atoms with Gasteiger partial charge in [0.2, 0.25) is 5.91 Å². The molecular formula is C14H22N2O. The summed E-state index contributed by atoms with van der Waals surface area (Å²) in [6.07, 6.45) is 2.05. The molecule has 1 unspecified atom stereocenters. The predicted octanol–water partition coefficient (Wildman–Crippen LogP) is 2.34. The van der Waals surface area contributed by atoms with E-state index in [-0.39, 0.29) is 11.9 Å². The van der Waals surface area contributed by atoms with Crippen LogP contribution in [0.25, 0.3) is 0 Å². The Morgan fingerprint density at radius 1 is 1.18 bits per heavy atom. The molecule has 0 heterocycles. The van der Waals surface area contributed by atoms with Gasteiger partial charge in [-0.3, -0.25) is 9.69 Å². The second kappa shape index (κ2) is 7.07. The molecule has 1 atom stereocenters. The Hall–Kier alpha value is -1.35. The van der Waals surface area contributed by atoms with Crippen molar-refractivity contribution in [3.05, 3.63) is 35.9 Å². The van der Waals surface area contributed by atoms with Crippen molar-refractivity contribution < 1.29 is 4.79 Å². The first-order valence-corrected chi connectivity index (χ1v) is 6.29. The Balaban J connectivity index is 2.94. The van der Waals surface area contributed by atoms with Gasteiger partial charge in [-0.2, -0.15) is 0 Å². The average Bonchev–Trinajstić information content (AvgIpc) is 2.31. The standard InChI is InChI=1S/C14H22N2O/c1-3-10-16(11-4-2)13(14(15)17)12-8-6-5-7-9-12/h5-9,13H,3-4,10-11H2,1-2H3,(H2,15,17). The monoisotopic (exact) mass is 234 g/mol. The summed E-state index contributed by atoms with van der Waals surface area (Å²) in [6.45, 7) is 6.03. The van der Waals surface area contributed by atoms with Gasteiger partial charge in [0.25, 0.3) is 0 Å². The number of carbonyl (C=O) groups is 1. The van der Waals surface area contributed by atoms with E-state index in [1.165, 1.54) is 0 Å². The van der Waals surface area contributed by atoms with E-state index in [9.17, 15) is 4.79 Å². The van der Waals surface area contributed by atoms with Crippen LogP contribution in [-0.2, 0) is 4.79 Å². The maximum atomic E-state index is 11.7. The third kappa shape index (κ3) is 3.86. The quantitative estimate of drug-likeness (QED) is 0.787. The summed E-state index contributed by atoms with van der Waals surface area (Å²) in [5, 5.41) is 0. The minimum Gasteiger partial charge on any atom is -0.368 e. The highest BCUT2D eigenvalue weighted by molar-refractivity contribution is 5.81. The van der Waals surface area contributed by atoms with Gasteiger partial charge in [0.05, 0.1) is 0 Å². The van der Waals surface area contributed by atoms with Gasteiger partial charge >= 0.3 is 0 Å². The van der Waals surface area contributed by atoms with Crippen LogP contribution in [0.4, 0.5) is 0 Å². The Bertz CT molecular complexity index is 331. The Morgan fingerprint density at radius 3 is 2.12 bits per heavy atom. The maximum absolute atomic E-state index is 11.7. The molecule has 0 bridgehead atoms. The molecule has 0 aromatic heterocycles. The van der Waals surface area contributed by atoms with Crippen LogP contribution >= 0.6 is 0 Å². The van der Waals surface area contributed by atoms with Crippen LogP contribution in [-0.4, -0.2) is 23.9 Å². The first-order chi connectivity index (χ1) is 8.20. The number of carbonyl (C=O) groups excluding carboxylic acids is 1. The van der Waals surface area contributed by atoms with E-state index in [0.717, 1.165) is 31.5 Å². The molecule has 2 N–H and O–H groups in total. The van der Waals surface area contributed by atoms with Gasteiger partial charge in [-0.15, -0.1) is 0 Å². The van der Waals surface area contributed by atoms with Crippen molar-refractivity contribution in [2.24, 2.45) is 5.73 Å². The van der Waals surface area contributed by atoms with E-state index in [2.05, 4.69) is 18.7 Å². The molecule has 0 aliphatic heterocycles. The van der Waals surface area contributed by atoms with Crippen molar-refractivity contribution in [2.45, 2.75) is 32.7 Å². The summed E-state index contributed by atoms with van der Waals surface area (Å²) < 4.78 is 0. The molecule has 0 radical (unpaired) electrons. The van der Waals surface area contributed by atoms with Crippen molar-refractivity contribution in [3.63, 3.8) is 0 Å². The first kappa shape index (κ1) is 13.7. The van der Waals surface area contributed by atoms with E-state index >= 15 is 0 Å². The number of hydrogen-bond donors (Lipinski definition) is 1. The fourth-order valence-electron chi connectivity index (χ4n) is 2.13. The third-order valence-electron chi connectivity index (χ3n) is 2.77. The van der Waals surface area contributed by atoms with Gasteiger partial charge in [0, 0.05) is 0 Å². The largest absolute Gasteiger partial charge is 0.368 e. The van der Waals surface area contributed by atoms with E-state index in [4.69, 9.17) is 5.73 Å². The van der Waals surface area contributed by atoms with Gasteiger partial charge < -0.3 is 5.73 Å². The minimum atomic E-state index is -0.295. The lowest BCUT2D eigenvalue weighted by molar-refractivity contribution is -0.123. The molecule has 0 aliphatic carbocycles. The van der Waals surface area contributed by atoms with Gasteiger partial charge in [-0.25, -0.2) is 0 Å². The second-order valence-electron chi connectivity index (χ2n) is 4.25. The molecule has 0 spiro atoms. The molecule has 1 aromatic rings. The molecule has 3 nitrogen and oxygen atoms in total. The van der Waals surface area contributed by atoms with Crippen LogP contribution < -0.4 is 5.73 Å². The summed E-state index contributed by atoms with van der Waals surface area (Å²) in [4.78, 5) is 13.8. The number of primary amides is 1. The predicted molar refractivity (Wildman–Crippen MR) is 70.5 cm³/mol. The number of nitrogens with zero attached hydrogens (tertiary/aromatic N) is 1. The Labute approximate surface area is 104 Å². The highest BCUT2D eigenvalue weighted by Gasteiger charge is 2.24. The summed E-state index contributed by atoms with van der Waals surface area (Å²) in [6, 6.07) is 9.48. The van der Waals surface area contributed by atoms with E-state index in [0.29, 0.717) is 0 Å². The van der Waals surface area contributed by atoms with Crippen LogP contribution in [0, 0.1) is 0 Å². The highest BCUT2D eigenvalue weighted by Crippen LogP contribution is 2.20. The molecule has 0 saturated heterocycles. The molecule has 0 saturated carbocycles. The summed E-state index contributed by atoms with van der Waals surface area (Å²) >= 11 is 0. The maximum Gasteiger partial charge on any atom is 0.239 e. The van der Waals surface area contributed by atoms with Crippen LogP contribution in [0.15, 0.2) is 30.3 Å². The zero-order valence-electron chi connectivity index (χ0n) is 10.7. The summed E-state index contributed by atoms with van der Waals surface area (Å²) in [5.74, 6) is -0.266. The molecule has 3 heteroatoms. The van der Waals surface area contributed by atoms with Crippen molar-refractivity contribution in [2.75, 3.05) is 13.1 Å². The smallest absolute Gasteiger partial charge is 0.239 e. The van der Waals surface area contributed by atoms with Gasteiger partial charge in [0.15, 0.2) is 0 Å². The third-order valence-corrected chi connectivity index (χ3v) is 2.77. The van der Waals surface area contributed by atoms with Crippen molar-refractivity contribution in [1.82, 2.24) is 4.90 Å². The van der Waals surface area contributed by atoms with Crippen molar-refractivity contribution in [1.29, 1.82) is 0 Å². The minimum absolute atomic E-state index is 0.266. The fourth-order valence-corrected chi connectivity index (χ4v) is 2.13. The van der Waals surface area contributed by atoms with Crippen molar-refractivity contribution >= 4 is 5.91 Å². The van der Waals surface area contributed by atoms with Gasteiger partial charge in [-0.05, 0) is 31.5 Å². The zero-order chi connectivity index (χ0) is 12.7. The lowest BCUT2D eigenvalue weighted by atomic mass is 10.0. The normalized spacial score (nSPS) is 12.6.